The molecule has 0 spiro atoms. The van der Waals surface area contributed by atoms with Crippen molar-refractivity contribution in [2.45, 2.75) is 20.0 Å². The molecular formula is C16H16Br2N2O. The molecular weight excluding hydrogens is 396 g/mol. The van der Waals surface area contributed by atoms with E-state index in [1.807, 2.05) is 56.3 Å². The highest BCUT2D eigenvalue weighted by Gasteiger charge is 2.10. The molecule has 5 heteroatoms. The summed E-state index contributed by atoms with van der Waals surface area (Å²) >= 11 is 7.01. The molecule has 2 rings (SSSR count). The van der Waals surface area contributed by atoms with Crippen molar-refractivity contribution in [2.75, 3.05) is 5.43 Å². The average molecular weight is 412 g/mol. The third-order valence-electron chi connectivity index (χ3n) is 2.56. The molecule has 0 aliphatic carbocycles. The van der Waals surface area contributed by atoms with Crippen molar-refractivity contribution in [1.29, 1.82) is 0 Å². The summed E-state index contributed by atoms with van der Waals surface area (Å²) in [5, 5.41) is 4.27. The van der Waals surface area contributed by atoms with Crippen LogP contribution in [-0.4, -0.2) is 12.3 Å². The average Bonchev–Trinajstić information content (AvgIpc) is 2.43. The van der Waals surface area contributed by atoms with Gasteiger partial charge in [0.25, 0.3) is 0 Å². The Morgan fingerprint density at radius 1 is 1.14 bits per heavy atom. The lowest BCUT2D eigenvalue weighted by Crippen LogP contribution is -2.08. The summed E-state index contributed by atoms with van der Waals surface area (Å²) in [6.07, 6.45) is 1.84. The van der Waals surface area contributed by atoms with E-state index in [2.05, 4.69) is 42.4 Å². The van der Waals surface area contributed by atoms with Crippen LogP contribution in [0.15, 0.2) is 56.5 Å². The maximum Gasteiger partial charge on any atom is 0.142 e. The smallest absolute Gasteiger partial charge is 0.142 e. The largest absolute Gasteiger partial charge is 0.489 e. The van der Waals surface area contributed by atoms with Gasteiger partial charge in [-0.3, -0.25) is 5.43 Å². The quantitative estimate of drug-likeness (QED) is 0.524. The Hall–Kier alpha value is -1.33. The van der Waals surface area contributed by atoms with Crippen molar-refractivity contribution in [3.63, 3.8) is 0 Å². The van der Waals surface area contributed by atoms with Gasteiger partial charge in [-0.2, -0.15) is 5.10 Å². The molecule has 0 aromatic heterocycles. The lowest BCUT2D eigenvalue weighted by Gasteiger charge is -2.14. The molecule has 0 unspecified atom stereocenters. The Morgan fingerprint density at radius 2 is 1.86 bits per heavy atom. The fraction of sp³-hybridized carbons (Fsp3) is 0.188. The molecule has 0 heterocycles. The number of anilines is 1. The Bertz CT molecular complexity index is 628. The zero-order valence-electron chi connectivity index (χ0n) is 11.8. The third kappa shape index (κ3) is 4.86. The second-order valence-electron chi connectivity index (χ2n) is 4.71. The Morgan fingerprint density at radius 3 is 2.52 bits per heavy atom. The predicted octanol–water partition coefficient (Wildman–Crippen LogP) is 5.44. The number of ether oxygens (including phenoxy) is 1. The van der Waals surface area contributed by atoms with Gasteiger partial charge in [0.15, 0.2) is 0 Å². The summed E-state index contributed by atoms with van der Waals surface area (Å²) in [5.74, 6) is 0.784. The van der Waals surface area contributed by atoms with Crippen LogP contribution in [0.25, 0.3) is 0 Å². The van der Waals surface area contributed by atoms with Crippen LogP contribution < -0.4 is 10.2 Å². The lowest BCUT2D eigenvalue weighted by molar-refractivity contribution is 0.240. The molecule has 0 amide bonds. The first-order valence-corrected chi connectivity index (χ1v) is 8.14. The van der Waals surface area contributed by atoms with Crippen LogP contribution in [0.4, 0.5) is 5.69 Å². The molecule has 0 saturated heterocycles. The van der Waals surface area contributed by atoms with E-state index < -0.39 is 0 Å². The van der Waals surface area contributed by atoms with E-state index in [-0.39, 0.29) is 6.10 Å². The zero-order valence-corrected chi connectivity index (χ0v) is 15.0. The molecule has 0 atom stereocenters. The van der Waals surface area contributed by atoms with Gasteiger partial charge in [-0.05, 0) is 54.0 Å². The summed E-state index contributed by atoms with van der Waals surface area (Å²) in [5.41, 5.74) is 4.83. The number of rotatable bonds is 5. The highest BCUT2D eigenvalue weighted by Crippen LogP contribution is 2.32. The molecule has 21 heavy (non-hydrogen) atoms. The standard InChI is InChI=1S/C16H16Br2N2O/c1-11(2)21-16-12(8-13(17)9-15(16)18)10-19-20-14-6-4-3-5-7-14/h3-11,20H,1-2H3. The van der Waals surface area contributed by atoms with E-state index in [4.69, 9.17) is 4.74 Å². The molecule has 2 aromatic rings. The molecule has 0 fully saturated rings. The molecule has 0 radical (unpaired) electrons. The number of hydrazone groups is 1. The van der Waals surface area contributed by atoms with Crippen LogP contribution in [0.3, 0.4) is 0 Å². The van der Waals surface area contributed by atoms with E-state index in [0.717, 1.165) is 25.9 Å². The maximum atomic E-state index is 5.85. The molecule has 3 nitrogen and oxygen atoms in total. The van der Waals surface area contributed by atoms with Gasteiger partial charge in [0.2, 0.25) is 0 Å². The number of hydrogen-bond acceptors (Lipinski definition) is 3. The summed E-state index contributed by atoms with van der Waals surface area (Å²) in [6.45, 7) is 4.00. The van der Waals surface area contributed by atoms with Crippen molar-refractivity contribution in [2.24, 2.45) is 5.10 Å². The van der Waals surface area contributed by atoms with Crippen LogP contribution >= 0.6 is 31.9 Å². The first-order chi connectivity index (χ1) is 10.1. The van der Waals surface area contributed by atoms with E-state index in [0.29, 0.717) is 0 Å². The second kappa shape index (κ2) is 7.61. The number of nitrogens with zero attached hydrogens (tertiary/aromatic N) is 1. The SMILES string of the molecule is CC(C)Oc1c(Br)cc(Br)cc1C=NNc1ccccc1. The van der Waals surface area contributed by atoms with Gasteiger partial charge < -0.3 is 4.74 Å². The van der Waals surface area contributed by atoms with Crippen LogP contribution in [0, 0.1) is 0 Å². The topological polar surface area (TPSA) is 33.6 Å². The minimum atomic E-state index is 0.0942. The molecule has 0 saturated carbocycles. The van der Waals surface area contributed by atoms with Gasteiger partial charge >= 0.3 is 0 Å². The Labute approximate surface area is 141 Å². The number of para-hydroxylation sites is 1. The summed E-state index contributed by atoms with van der Waals surface area (Å²) in [6, 6.07) is 13.7. The third-order valence-corrected chi connectivity index (χ3v) is 3.61. The van der Waals surface area contributed by atoms with E-state index >= 15 is 0 Å². The van der Waals surface area contributed by atoms with Gasteiger partial charge in [-0.1, -0.05) is 34.1 Å². The van der Waals surface area contributed by atoms with Crippen molar-refractivity contribution in [3.05, 3.63) is 57.0 Å². The Balaban J connectivity index is 2.21. The maximum absolute atomic E-state index is 5.85. The van der Waals surface area contributed by atoms with Crippen LogP contribution in [0.5, 0.6) is 5.75 Å². The van der Waals surface area contributed by atoms with Gasteiger partial charge in [0.1, 0.15) is 5.75 Å². The number of halogens is 2. The zero-order chi connectivity index (χ0) is 15.2. The summed E-state index contributed by atoms with van der Waals surface area (Å²) in [4.78, 5) is 0. The van der Waals surface area contributed by atoms with Gasteiger partial charge in [-0.25, -0.2) is 0 Å². The first-order valence-electron chi connectivity index (χ1n) is 6.56. The highest BCUT2D eigenvalue weighted by molar-refractivity contribution is 9.11. The summed E-state index contributed by atoms with van der Waals surface area (Å²) < 4.78 is 7.71. The van der Waals surface area contributed by atoms with E-state index in [1.54, 1.807) is 6.21 Å². The van der Waals surface area contributed by atoms with E-state index in [1.165, 1.54) is 0 Å². The Kier molecular flexibility index (Phi) is 5.82. The minimum absolute atomic E-state index is 0.0942. The fourth-order valence-electron chi connectivity index (χ4n) is 1.73. The normalized spacial score (nSPS) is 11.1. The molecule has 0 aliphatic rings. The van der Waals surface area contributed by atoms with Crippen LogP contribution in [-0.2, 0) is 0 Å². The molecule has 0 aliphatic heterocycles. The number of nitrogens with one attached hydrogen (secondary N) is 1. The molecule has 110 valence electrons. The van der Waals surface area contributed by atoms with Crippen LogP contribution in [0.1, 0.15) is 19.4 Å². The second-order valence-corrected chi connectivity index (χ2v) is 6.48. The molecule has 0 bridgehead atoms. The highest BCUT2D eigenvalue weighted by atomic mass is 79.9. The lowest BCUT2D eigenvalue weighted by atomic mass is 10.2. The number of hydrogen-bond donors (Lipinski definition) is 1. The minimum Gasteiger partial charge on any atom is -0.489 e. The van der Waals surface area contributed by atoms with Gasteiger partial charge in [-0.15, -0.1) is 0 Å². The fourth-order valence-corrected chi connectivity index (χ4v) is 3.08. The molecule has 1 N–H and O–H groups in total. The monoisotopic (exact) mass is 410 g/mol. The predicted molar refractivity (Wildman–Crippen MR) is 95.3 cm³/mol. The first kappa shape index (κ1) is 16.0. The van der Waals surface area contributed by atoms with Crippen molar-refractivity contribution in [3.8, 4) is 5.75 Å². The van der Waals surface area contributed by atoms with Crippen molar-refractivity contribution in [1.82, 2.24) is 0 Å². The van der Waals surface area contributed by atoms with Crippen LogP contribution in [0.2, 0.25) is 0 Å². The van der Waals surface area contributed by atoms with Gasteiger partial charge in [0.05, 0.1) is 22.5 Å². The van der Waals surface area contributed by atoms with E-state index in [9.17, 15) is 0 Å². The number of benzene rings is 2. The van der Waals surface area contributed by atoms with Gasteiger partial charge in [0, 0.05) is 10.0 Å². The molecule has 2 aromatic carbocycles. The van der Waals surface area contributed by atoms with Crippen molar-refractivity contribution >= 4 is 43.8 Å². The van der Waals surface area contributed by atoms with Crippen molar-refractivity contribution < 1.29 is 4.74 Å². The summed E-state index contributed by atoms with van der Waals surface area (Å²) in [7, 11) is 0.